The van der Waals surface area contributed by atoms with Gasteiger partial charge >= 0.3 is 0 Å². The molecule has 0 spiro atoms. The summed E-state index contributed by atoms with van der Waals surface area (Å²) < 4.78 is 0. The van der Waals surface area contributed by atoms with Gasteiger partial charge in [-0.25, -0.2) is 0 Å². The lowest BCUT2D eigenvalue weighted by Gasteiger charge is -2.30. The highest BCUT2D eigenvalue weighted by Gasteiger charge is 2.24. The highest BCUT2D eigenvalue weighted by atomic mass is 35.5. The lowest BCUT2D eigenvalue weighted by molar-refractivity contribution is 0.104. The van der Waals surface area contributed by atoms with Gasteiger partial charge in [0.1, 0.15) is 0 Å². The van der Waals surface area contributed by atoms with Crippen molar-refractivity contribution in [1.29, 1.82) is 0 Å². The maximum Gasteiger partial charge on any atom is 0.185 e. The van der Waals surface area contributed by atoms with Crippen molar-refractivity contribution in [2.45, 2.75) is 25.7 Å². The number of carbonyl (C=O) groups is 1. The van der Waals surface area contributed by atoms with Crippen molar-refractivity contribution in [3.8, 4) is 0 Å². The van der Waals surface area contributed by atoms with Crippen molar-refractivity contribution in [3.63, 3.8) is 0 Å². The molecule has 1 saturated heterocycles. The van der Waals surface area contributed by atoms with Crippen LogP contribution in [-0.4, -0.2) is 23.8 Å². The van der Waals surface area contributed by atoms with Crippen LogP contribution in [0.25, 0.3) is 5.57 Å². The Balaban J connectivity index is 1.65. The Morgan fingerprint density at radius 1 is 0.962 bits per heavy atom. The summed E-state index contributed by atoms with van der Waals surface area (Å²) >= 11 is 5.92. The zero-order chi connectivity index (χ0) is 17.9. The molecule has 132 valence electrons. The van der Waals surface area contributed by atoms with Gasteiger partial charge in [0.2, 0.25) is 0 Å². The molecule has 0 amide bonds. The molecule has 1 heterocycles. The van der Waals surface area contributed by atoms with E-state index in [1.165, 1.54) is 41.7 Å². The van der Waals surface area contributed by atoms with Crippen LogP contribution in [0.5, 0.6) is 0 Å². The van der Waals surface area contributed by atoms with Crippen LogP contribution in [-0.2, 0) is 6.42 Å². The molecule has 2 aromatic rings. The third-order valence-electron chi connectivity index (χ3n) is 5.24. The first kappa shape index (κ1) is 17.1. The SMILES string of the molecule is O=C(/C=C\C1=C(N2CCCCC2)Cc2ccccc21)c1ccc(Cl)cc1. The first-order chi connectivity index (χ1) is 12.7. The topological polar surface area (TPSA) is 20.3 Å². The van der Waals surface area contributed by atoms with Gasteiger partial charge in [-0.15, -0.1) is 0 Å². The van der Waals surface area contributed by atoms with Crippen molar-refractivity contribution < 1.29 is 4.79 Å². The number of allylic oxidation sites excluding steroid dienone is 4. The number of likely N-dealkylation sites (tertiary alicyclic amines) is 1. The number of rotatable bonds is 4. The second-order valence-corrected chi connectivity index (χ2v) is 7.38. The van der Waals surface area contributed by atoms with Crippen LogP contribution < -0.4 is 0 Å². The second-order valence-electron chi connectivity index (χ2n) is 6.95. The number of benzene rings is 2. The van der Waals surface area contributed by atoms with Gasteiger partial charge in [0.15, 0.2) is 5.78 Å². The van der Waals surface area contributed by atoms with E-state index < -0.39 is 0 Å². The summed E-state index contributed by atoms with van der Waals surface area (Å²) in [5.74, 6) is 0.0107. The Morgan fingerprint density at radius 3 is 2.46 bits per heavy atom. The molecule has 0 radical (unpaired) electrons. The number of fused-ring (bicyclic) bond motifs is 1. The predicted octanol–water partition coefficient (Wildman–Crippen LogP) is 5.53. The maximum absolute atomic E-state index is 12.5. The van der Waals surface area contributed by atoms with Gasteiger partial charge in [0.05, 0.1) is 0 Å². The fraction of sp³-hybridized carbons (Fsp3) is 0.261. The molecule has 3 heteroatoms. The highest BCUT2D eigenvalue weighted by molar-refractivity contribution is 6.30. The number of hydrogen-bond acceptors (Lipinski definition) is 2. The first-order valence-corrected chi connectivity index (χ1v) is 9.64. The largest absolute Gasteiger partial charge is 0.374 e. The molecule has 1 fully saturated rings. The predicted molar refractivity (Wildman–Crippen MR) is 107 cm³/mol. The Bertz CT molecular complexity index is 873. The zero-order valence-electron chi connectivity index (χ0n) is 14.7. The fourth-order valence-electron chi connectivity index (χ4n) is 3.87. The summed E-state index contributed by atoms with van der Waals surface area (Å²) in [6, 6.07) is 15.6. The average molecular weight is 364 g/mol. The van der Waals surface area contributed by atoms with Crippen LogP contribution in [0.3, 0.4) is 0 Å². The Kier molecular flexibility index (Phi) is 4.94. The average Bonchev–Trinajstić information content (AvgIpc) is 3.06. The zero-order valence-corrected chi connectivity index (χ0v) is 15.5. The minimum atomic E-state index is 0.0107. The van der Waals surface area contributed by atoms with Crippen LogP contribution in [0.1, 0.15) is 40.7 Å². The quantitative estimate of drug-likeness (QED) is 0.525. The monoisotopic (exact) mass is 363 g/mol. The standard InChI is InChI=1S/C23H22ClNO/c24-19-10-8-17(9-11-19)23(26)13-12-21-20-7-3-2-6-18(20)16-22(21)25-14-4-1-5-15-25/h2-3,6-13H,1,4-5,14-16H2/b13-12-. The summed E-state index contributed by atoms with van der Waals surface area (Å²) in [6.07, 6.45) is 8.49. The van der Waals surface area contributed by atoms with Crippen LogP contribution in [0.15, 0.2) is 66.4 Å². The van der Waals surface area contributed by atoms with E-state index in [9.17, 15) is 4.79 Å². The summed E-state index contributed by atoms with van der Waals surface area (Å²) in [5.41, 5.74) is 5.84. The third kappa shape index (κ3) is 3.47. The number of carbonyl (C=O) groups excluding carboxylic acids is 1. The van der Waals surface area contributed by atoms with Crippen LogP contribution in [0, 0.1) is 0 Å². The van der Waals surface area contributed by atoms with Crippen molar-refractivity contribution in [3.05, 3.63) is 88.1 Å². The molecule has 0 atom stereocenters. The molecule has 0 unspecified atom stereocenters. The van der Waals surface area contributed by atoms with E-state index in [-0.39, 0.29) is 5.78 Å². The Labute approximate surface area is 159 Å². The van der Waals surface area contributed by atoms with E-state index in [1.54, 1.807) is 30.3 Å². The molecule has 26 heavy (non-hydrogen) atoms. The molecule has 2 nitrogen and oxygen atoms in total. The Morgan fingerprint density at radius 2 is 1.69 bits per heavy atom. The minimum absolute atomic E-state index is 0.0107. The molecule has 2 aliphatic rings. The van der Waals surface area contributed by atoms with E-state index in [1.807, 2.05) is 6.08 Å². The summed E-state index contributed by atoms with van der Waals surface area (Å²) in [7, 11) is 0. The van der Waals surface area contributed by atoms with E-state index >= 15 is 0 Å². The Hall–Kier alpha value is -2.32. The normalized spacial score (nSPS) is 17.0. The summed E-state index contributed by atoms with van der Waals surface area (Å²) in [5, 5.41) is 0.644. The molecule has 0 bridgehead atoms. The van der Waals surface area contributed by atoms with Crippen LogP contribution in [0.4, 0.5) is 0 Å². The fourth-order valence-corrected chi connectivity index (χ4v) is 4.00. The van der Waals surface area contributed by atoms with Gasteiger partial charge in [0, 0.05) is 41.4 Å². The highest BCUT2D eigenvalue weighted by Crippen LogP contribution is 2.36. The molecular formula is C23H22ClNO. The van der Waals surface area contributed by atoms with Crippen molar-refractivity contribution in [2.24, 2.45) is 0 Å². The van der Waals surface area contributed by atoms with E-state index in [0.717, 1.165) is 19.5 Å². The number of hydrogen-bond donors (Lipinski definition) is 0. The molecule has 0 saturated carbocycles. The lowest BCUT2D eigenvalue weighted by Crippen LogP contribution is -2.29. The third-order valence-corrected chi connectivity index (χ3v) is 5.50. The number of nitrogens with zero attached hydrogens (tertiary/aromatic N) is 1. The van der Waals surface area contributed by atoms with E-state index in [2.05, 4.69) is 29.2 Å². The van der Waals surface area contributed by atoms with E-state index in [4.69, 9.17) is 11.6 Å². The summed E-state index contributed by atoms with van der Waals surface area (Å²) in [6.45, 7) is 2.23. The first-order valence-electron chi connectivity index (χ1n) is 9.27. The van der Waals surface area contributed by atoms with Gasteiger partial charge in [0.25, 0.3) is 0 Å². The maximum atomic E-state index is 12.5. The molecule has 4 rings (SSSR count). The molecule has 1 aliphatic carbocycles. The van der Waals surface area contributed by atoms with Gasteiger partial charge < -0.3 is 4.90 Å². The molecule has 0 N–H and O–H groups in total. The van der Waals surface area contributed by atoms with Crippen molar-refractivity contribution in [1.82, 2.24) is 4.90 Å². The number of ketones is 1. The molecule has 1 aliphatic heterocycles. The van der Waals surface area contributed by atoms with E-state index in [0.29, 0.717) is 10.6 Å². The molecule has 2 aromatic carbocycles. The van der Waals surface area contributed by atoms with Crippen LogP contribution in [0.2, 0.25) is 5.02 Å². The van der Waals surface area contributed by atoms with Gasteiger partial charge in [-0.1, -0.05) is 35.9 Å². The molecular weight excluding hydrogens is 342 g/mol. The minimum Gasteiger partial charge on any atom is -0.374 e. The smallest absolute Gasteiger partial charge is 0.185 e. The van der Waals surface area contributed by atoms with Gasteiger partial charge in [-0.2, -0.15) is 0 Å². The summed E-state index contributed by atoms with van der Waals surface area (Å²) in [4.78, 5) is 15.1. The van der Waals surface area contributed by atoms with Crippen molar-refractivity contribution in [2.75, 3.05) is 13.1 Å². The van der Waals surface area contributed by atoms with Gasteiger partial charge in [-0.05, 0) is 66.8 Å². The van der Waals surface area contributed by atoms with Crippen LogP contribution >= 0.6 is 11.6 Å². The van der Waals surface area contributed by atoms with Crippen molar-refractivity contribution >= 4 is 23.0 Å². The molecule has 0 aromatic heterocycles. The number of halogens is 1. The second kappa shape index (κ2) is 7.51. The number of piperidine rings is 1. The lowest BCUT2D eigenvalue weighted by atomic mass is 10.0. The van der Waals surface area contributed by atoms with Gasteiger partial charge in [-0.3, -0.25) is 4.79 Å².